The minimum Gasteiger partial charge on any atom is -0.381 e. The number of rotatable bonds is 3. The molecule has 0 saturated carbocycles. The van der Waals surface area contributed by atoms with Crippen molar-refractivity contribution < 1.29 is 9.47 Å². The monoisotopic (exact) mass is 309 g/mol. The van der Waals surface area contributed by atoms with Gasteiger partial charge in [0.2, 0.25) is 0 Å². The van der Waals surface area contributed by atoms with Crippen molar-refractivity contribution >= 4 is 11.6 Å². The predicted molar refractivity (Wildman–Crippen MR) is 85.0 cm³/mol. The van der Waals surface area contributed by atoms with Gasteiger partial charge in [-0.1, -0.05) is 30.7 Å². The zero-order valence-corrected chi connectivity index (χ0v) is 13.4. The second-order valence-electron chi connectivity index (χ2n) is 6.34. The number of ether oxygens (including phenoxy) is 2. The molecule has 3 rings (SSSR count). The summed E-state index contributed by atoms with van der Waals surface area (Å²) in [5, 5.41) is 0.822. The molecule has 2 aliphatic rings. The molecule has 2 heterocycles. The Morgan fingerprint density at radius 1 is 1.29 bits per heavy atom. The molecular formula is C17H24ClNO2. The van der Waals surface area contributed by atoms with Gasteiger partial charge >= 0.3 is 0 Å². The van der Waals surface area contributed by atoms with E-state index in [-0.39, 0.29) is 5.60 Å². The van der Waals surface area contributed by atoms with Gasteiger partial charge in [-0.15, -0.1) is 0 Å². The maximum absolute atomic E-state index is 6.10. The third-order valence-electron chi connectivity index (χ3n) is 4.68. The van der Waals surface area contributed by atoms with Crippen LogP contribution in [0.25, 0.3) is 0 Å². The summed E-state index contributed by atoms with van der Waals surface area (Å²) in [6.45, 7) is 7.89. The molecule has 0 radical (unpaired) electrons. The van der Waals surface area contributed by atoms with Crippen molar-refractivity contribution in [1.29, 1.82) is 0 Å². The fourth-order valence-electron chi connectivity index (χ4n) is 3.43. The topological polar surface area (TPSA) is 21.7 Å². The van der Waals surface area contributed by atoms with Gasteiger partial charge in [0.05, 0.1) is 12.2 Å². The second-order valence-corrected chi connectivity index (χ2v) is 6.77. The Kier molecular flexibility index (Phi) is 4.85. The molecule has 0 aromatic heterocycles. The molecule has 2 aliphatic heterocycles. The lowest BCUT2D eigenvalue weighted by molar-refractivity contribution is -0.154. The largest absolute Gasteiger partial charge is 0.381 e. The van der Waals surface area contributed by atoms with Crippen molar-refractivity contribution in [3.05, 3.63) is 34.9 Å². The predicted octanol–water partition coefficient (Wildman–Crippen LogP) is 3.32. The molecule has 1 atom stereocenters. The first-order chi connectivity index (χ1) is 10.2. The SMILES string of the molecule is C[C@H](CN1CCOC2(CCOCC2)C1)c1cccc(Cl)c1. The molecular weight excluding hydrogens is 286 g/mol. The van der Waals surface area contributed by atoms with E-state index in [9.17, 15) is 0 Å². The molecule has 0 bridgehead atoms. The smallest absolute Gasteiger partial charge is 0.0853 e. The highest BCUT2D eigenvalue weighted by Gasteiger charge is 2.38. The van der Waals surface area contributed by atoms with Gasteiger partial charge in [-0.25, -0.2) is 0 Å². The highest BCUT2D eigenvalue weighted by atomic mass is 35.5. The van der Waals surface area contributed by atoms with Crippen molar-refractivity contribution in [3.63, 3.8) is 0 Å². The molecule has 0 amide bonds. The summed E-state index contributed by atoms with van der Waals surface area (Å²) in [4.78, 5) is 2.54. The minimum atomic E-state index is 0.0323. The van der Waals surface area contributed by atoms with Crippen LogP contribution in [0.3, 0.4) is 0 Å². The fraction of sp³-hybridized carbons (Fsp3) is 0.647. The van der Waals surface area contributed by atoms with Crippen LogP contribution in [0.2, 0.25) is 5.02 Å². The van der Waals surface area contributed by atoms with Crippen LogP contribution in [0.15, 0.2) is 24.3 Å². The molecule has 3 nitrogen and oxygen atoms in total. The summed E-state index contributed by atoms with van der Waals surface area (Å²) in [5.74, 6) is 0.485. The van der Waals surface area contributed by atoms with Gasteiger partial charge < -0.3 is 9.47 Å². The first-order valence-electron chi connectivity index (χ1n) is 7.86. The molecule has 2 fully saturated rings. The number of morpholine rings is 1. The Hall–Kier alpha value is -0.610. The molecule has 0 N–H and O–H groups in total. The molecule has 0 aliphatic carbocycles. The van der Waals surface area contributed by atoms with Gasteiger partial charge in [0.25, 0.3) is 0 Å². The molecule has 1 aromatic rings. The summed E-state index contributed by atoms with van der Waals surface area (Å²) in [5.41, 5.74) is 1.35. The maximum atomic E-state index is 6.10. The highest BCUT2D eigenvalue weighted by molar-refractivity contribution is 6.30. The van der Waals surface area contributed by atoms with Gasteiger partial charge in [-0.05, 0) is 23.6 Å². The fourth-order valence-corrected chi connectivity index (χ4v) is 3.63. The lowest BCUT2D eigenvalue weighted by atomic mass is 9.91. The van der Waals surface area contributed by atoms with E-state index in [1.54, 1.807) is 0 Å². The first kappa shape index (κ1) is 15.3. The Morgan fingerprint density at radius 3 is 2.86 bits per heavy atom. The van der Waals surface area contributed by atoms with Gasteiger partial charge in [0.15, 0.2) is 0 Å². The van der Waals surface area contributed by atoms with Crippen molar-refractivity contribution in [2.45, 2.75) is 31.3 Å². The van der Waals surface area contributed by atoms with E-state index in [0.29, 0.717) is 5.92 Å². The van der Waals surface area contributed by atoms with Gasteiger partial charge in [-0.2, -0.15) is 0 Å². The van der Waals surface area contributed by atoms with Crippen LogP contribution in [0.5, 0.6) is 0 Å². The number of halogens is 1. The van der Waals surface area contributed by atoms with Crippen molar-refractivity contribution in [1.82, 2.24) is 4.90 Å². The standard InChI is InChI=1S/C17H24ClNO2/c1-14(15-3-2-4-16(18)11-15)12-19-7-10-21-17(13-19)5-8-20-9-6-17/h2-4,11,14H,5-10,12-13H2,1H3/t14-/m1/s1. The normalized spacial score (nSPS) is 24.1. The average molecular weight is 310 g/mol. The van der Waals surface area contributed by atoms with E-state index in [4.69, 9.17) is 21.1 Å². The van der Waals surface area contributed by atoms with E-state index in [2.05, 4.69) is 24.0 Å². The van der Waals surface area contributed by atoms with Gasteiger partial charge in [0, 0.05) is 50.7 Å². The third-order valence-corrected chi connectivity index (χ3v) is 4.92. The summed E-state index contributed by atoms with van der Waals surface area (Å²) >= 11 is 6.10. The Labute approximate surface area is 132 Å². The van der Waals surface area contributed by atoms with Crippen LogP contribution in [0.4, 0.5) is 0 Å². The third kappa shape index (κ3) is 3.78. The molecule has 0 unspecified atom stereocenters. The van der Waals surface area contributed by atoms with Gasteiger partial charge in [-0.3, -0.25) is 4.90 Å². The minimum absolute atomic E-state index is 0.0323. The maximum Gasteiger partial charge on any atom is 0.0853 e. The Morgan fingerprint density at radius 2 is 2.10 bits per heavy atom. The quantitative estimate of drug-likeness (QED) is 0.855. The zero-order valence-electron chi connectivity index (χ0n) is 12.7. The number of hydrogen-bond donors (Lipinski definition) is 0. The number of benzene rings is 1. The summed E-state index contributed by atoms with van der Waals surface area (Å²) < 4.78 is 11.6. The number of hydrogen-bond acceptors (Lipinski definition) is 3. The summed E-state index contributed by atoms with van der Waals surface area (Å²) in [6.07, 6.45) is 2.05. The molecule has 1 spiro atoms. The molecule has 2 saturated heterocycles. The second kappa shape index (κ2) is 6.66. The van der Waals surface area contributed by atoms with E-state index in [1.165, 1.54) is 5.56 Å². The van der Waals surface area contributed by atoms with Crippen LogP contribution in [0.1, 0.15) is 31.2 Å². The van der Waals surface area contributed by atoms with Crippen LogP contribution >= 0.6 is 11.6 Å². The van der Waals surface area contributed by atoms with E-state index in [1.807, 2.05) is 12.1 Å². The Balaban J connectivity index is 1.61. The summed E-state index contributed by atoms with van der Waals surface area (Å²) in [6, 6.07) is 8.22. The van der Waals surface area contributed by atoms with Crippen molar-refractivity contribution in [2.24, 2.45) is 0 Å². The van der Waals surface area contributed by atoms with Crippen LogP contribution in [-0.2, 0) is 9.47 Å². The first-order valence-corrected chi connectivity index (χ1v) is 8.24. The lowest BCUT2D eigenvalue weighted by Crippen LogP contribution is -2.54. The molecule has 116 valence electrons. The van der Waals surface area contributed by atoms with Crippen LogP contribution in [0, 0.1) is 0 Å². The van der Waals surface area contributed by atoms with Gasteiger partial charge in [0.1, 0.15) is 0 Å². The van der Waals surface area contributed by atoms with Crippen LogP contribution < -0.4 is 0 Å². The van der Waals surface area contributed by atoms with E-state index >= 15 is 0 Å². The van der Waals surface area contributed by atoms with Crippen molar-refractivity contribution in [2.75, 3.05) is 39.5 Å². The van der Waals surface area contributed by atoms with Crippen molar-refractivity contribution in [3.8, 4) is 0 Å². The molecule has 21 heavy (non-hydrogen) atoms. The highest BCUT2D eigenvalue weighted by Crippen LogP contribution is 2.30. The van der Waals surface area contributed by atoms with E-state index < -0.39 is 0 Å². The molecule has 4 heteroatoms. The Bertz CT molecular complexity index is 468. The number of nitrogens with zero attached hydrogens (tertiary/aromatic N) is 1. The van der Waals surface area contributed by atoms with E-state index in [0.717, 1.165) is 57.3 Å². The molecule has 1 aromatic carbocycles. The lowest BCUT2D eigenvalue weighted by Gasteiger charge is -2.45. The van der Waals surface area contributed by atoms with Crippen LogP contribution in [-0.4, -0.2) is 50.0 Å². The zero-order chi connectivity index (χ0) is 14.7. The average Bonchev–Trinajstić information content (AvgIpc) is 2.48. The summed E-state index contributed by atoms with van der Waals surface area (Å²) in [7, 11) is 0.